The van der Waals surface area contributed by atoms with E-state index >= 15 is 0 Å². The Balaban J connectivity index is 1.38. The third kappa shape index (κ3) is 5.29. The first-order chi connectivity index (χ1) is 17.5. The van der Waals surface area contributed by atoms with Gasteiger partial charge in [0.05, 0.1) is 12.0 Å². The first kappa shape index (κ1) is 24.8. The summed E-state index contributed by atoms with van der Waals surface area (Å²) in [6, 6.07) is 22.1. The lowest BCUT2D eigenvalue weighted by molar-refractivity contribution is -0.144. The van der Waals surface area contributed by atoms with Crippen LogP contribution in [0.25, 0.3) is 10.8 Å². The summed E-state index contributed by atoms with van der Waals surface area (Å²) in [5.41, 5.74) is 3.96. The molecule has 190 valence electrons. The van der Waals surface area contributed by atoms with Gasteiger partial charge in [-0.3, -0.25) is 9.69 Å². The summed E-state index contributed by atoms with van der Waals surface area (Å²) in [6.07, 6.45) is 7.13. The monoisotopic (exact) mass is 485 g/mol. The second-order valence-corrected chi connectivity index (χ2v) is 10.8. The average molecular weight is 486 g/mol. The Morgan fingerprint density at radius 2 is 1.67 bits per heavy atom. The molecule has 1 saturated heterocycles. The number of carboxylic acid groups (broad SMARTS) is 1. The van der Waals surface area contributed by atoms with Gasteiger partial charge in [0, 0.05) is 18.2 Å². The highest BCUT2D eigenvalue weighted by atomic mass is 16.5. The molecular weight excluding hydrogens is 446 g/mol. The number of aryl methyl sites for hydroxylation is 1. The SMILES string of the molecule is CCC1CC(C(=O)O)CCN1Cc1c(OC2CCC(c3ccccc3)CC2)cc(C)c2ccccc12. The molecule has 4 nitrogen and oxygen atoms in total. The number of fused-ring (bicyclic) bond motifs is 1. The molecule has 3 aromatic rings. The fraction of sp³-hybridized carbons (Fsp3) is 0.469. The molecule has 36 heavy (non-hydrogen) atoms. The van der Waals surface area contributed by atoms with E-state index in [1.54, 1.807) is 0 Å². The second kappa shape index (κ2) is 11.0. The molecule has 3 aromatic carbocycles. The Kier molecular flexibility index (Phi) is 7.62. The molecule has 1 saturated carbocycles. The molecule has 4 heteroatoms. The van der Waals surface area contributed by atoms with Crippen molar-refractivity contribution in [1.82, 2.24) is 4.90 Å². The minimum atomic E-state index is -0.649. The molecule has 1 aliphatic heterocycles. The van der Waals surface area contributed by atoms with Gasteiger partial charge >= 0.3 is 5.97 Å². The summed E-state index contributed by atoms with van der Waals surface area (Å²) >= 11 is 0. The average Bonchev–Trinajstić information content (AvgIpc) is 2.91. The number of benzene rings is 3. The maximum Gasteiger partial charge on any atom is 0.306 e. The standard InChI is InChI=1S/C32H39NO3/c1-3-26-20-25(32(34)35)17-18-33(26)21-30-29-12-8-7-11-28(29)22(2)19-31(30)36-27-15-13-24(14-16-27)23-9-5-4-6-10-23/h4-12,19,24-27H,3,13-18,20-21H2,1-2H3,(H,34,35). The van der Waals surface area contributed by atoms with Crippen molar-refractivity contribution in [2.24, 2.45) is 5.92 Å². The van der Waals surface area contributed by atoms with Crippen LogP contribution in [0, 0.1) is 12.8 Å². The van der Waals surface area contributed by atoms with E-state index in [1.807, 2.05) is 0 Å². The van der Waals surface area contributed by atoms with Crippen LogP contribution in [0.2, 0.25) is 0 Å². The third-order valence-corrected chi connectivity index (χ3v) is 8.58. The summed E-state index contributed by atoms with van der Waals surface area (Å²) in [5.74, 6) is 0.773. The summed E-state index contributed by atoms with van der Waals surface area (Å²) < 4.78 is 6.81. The van der Waals surface area contributed by atoms with E-state index in [9.17, 15) is 9.90 Å². The van der Waals surface area contributed by atoms with E-state index < -0.39 is 5.97 Å². The number of hydrogen-bond donors (Lipinski definition) is 1. The Labute approximate surface area is 215 Å². The number of piperidine rings is 1. The molecule has 2 fully saturated rings. The molecule has 2 unspecified atom stereocenters. The number of carbonyl (C=O) groups is 1. The van der Waals surface area contributed by atoms with E-state index in [-0.39, 0.29) is 18.1 Å². The van der Waals surface area contributed by atoms with Crippen molar-refractivity contribution < 1.29 is 14.6 Å². The van der Waals surface area contributed by atoms with Crippen molar-refractivity contribution in [3.05, 3.63) is 77.4 Å². The van der Waals surface area contributed by atoms with Crippen molar-refractivity contribution in [2.45, 2.75) is 83.4 Å². The maximum absolute atomic E-state index is 11.6. The Morgan fingerprint density at radius 3 is 2.36 bits per heavy atom. The van der Waals surface area contributed by atoms with Gasteiger partial charge in [0.15, 0.2) is 0 Å². The van der Waals surface area contributed by atoms with Crippen molar-refractivity contribution in [2.75, 3.05) is 6.54 Å². The molecule has 1 N–H and O–H groups in total. The predicted molar refractivity (Wildman–Crippen MR) is 146 cm³/mol. The van der Waals surface area contributed by atoms with Gasteiger partial charge in [-0.05, 0) is 92.3 Å². The number of aliphatic carboxylic acids is 1. The molecule has 2 atom stereocenters. The third-order valence-electron chi connectivity index (χ3n) is 8.58. The fourth-order valence-electron chi connectivity index (χ4n) is 6.43. The van der Waals surface area contributed by atoms with E-state index in [1.165, 1.54) is 27.5 Å². The number of rotatable bonds is 7. The molecule has 2 aliphatic rings. The van der Waals surface area contributed by atoms with Crippen LogP contribution < -0.4 is 4.74 Å². The van der Waals surface area contributed by atoms with E-state index in [0.717, 1.165) is 63.8 Å². The topological polar surface area (TPSA) is 49.8 Å². The number of carboxylic acids is 1. The highest BCUT2D eigenvalue weighted by molar-refractivity contribution is 5.90. The maximum atomic E-state index is 11.6. The zero-order valence-electron chi connectivity index (χ0n) is 21.7. The van der Waals surface area contributed by atoms with Crippen molar-refractivity contribution in [1.29, 1.82) is 0 Å². The van der Waals surface area contributed by atoms with Gasteiger partial charge in [0.25, 0.3) is 0 Å². The van der Waals surface area contributed by atoms with E-state index in [4.69, 9.17) is 4.74 Å². The summed E-state index contributed by atoms with van der Waals surface area (Å²) in [5, 5.41) is 12.1. The summed E-state index contributed by atoms with van der Waals surface area (Å²) in [6.45, 7) is 5.98. The number of hydrogen-bond acceptors (Lipinski definition) is 3. The minimum Gasteiger partial charge on any atom is -0.490 e. The Morgan fingerprint density at radius 1 is 0.972 bits per heavy atom. The highest BCUT2D eigenvalue weighted by Crippen LogP contribution is 2.39. The first-order valence-electron chi connectivity index (χ1n) is 13.7. The number of likely N-dealkylation sites (tertiary alicyclic amines) is 1. The summed E-state index contributed by atoms with van der Waals surface area (Å²) in [4.78, 5) is 14.1. The van der Waals surface area contributed by atoms with Crippen LogP contribution in [0.15, 0.2) is 60.7 Å². The molecule has 1 heterocycles. The lowest BCUT2D eigenvalue weighted by atomic mass is 9.83. The molecule has 0 bridgehead atoms. The molecule has 5 rings (SSSR count). The van der Waals surface area contributed by atoms with Crippen LogP contribution in [0.5, 0.6) is 5.75 Å². The van der Waals surface area contributed by atoms with Crippen LogP contribution in [0.3, 0.4) is 0 Å². The minimum absolute atomic E-state index is 0.225. The molecule has 0 spiro atoms. The van der Waals surface area contributed by atoms with Crippen molar-refractivity contribution in [3.63, 3.8) is 0 Å². The van der Waals surface area contributed by atoms with Crippen LogP contribution in [-0.2, 0) is 11.3 Å². The quantitative estimate of drug-likeness (QED) is 0.381. The Hall–Kier alpha value is -2.85. The largest absolute Gasteiger partial charge is 0.490 e. The van der Waals surface area contributed by atoms with Gasteiger partial charge in [0.1, 0.15) is 5.75 Å². The number of nitrogens with zero attached hydrogens (tertiary/aromatic N) is 1. The zero-order valence-corrected chi connectivity index (χ0v) is 21.7. The van der Waals surface area contributed by atoms with Crippen LogP contribution in [-0.4, -0.2) is 34.7 Å². The van der Waals surface area contributed by atoms with Crippen molar-refractivity contribution in [3.8, 4) is 5.75 Å². The second-order valence-electron chi connectivity index (χ2n) is 10.8. The molecule has 0 radical (unpaired) electrons. The smallest absolute Gasteiger partial charge is 0.306 e. The lowest BCUT2D eigenvalue weighted by Crippen LogP contribution is -2.43. The zero-order chi connectivity index (χ0) is 25.1. The van der Waals surface area contributed by atoms with Gasteiger partial charge in [-0.2, -0.15) is 0 Å². The van der Waals surface area contributed by atoms with Crippen LogP contribution in [0.1, 0.15) is 74.5 Å². The van der Waals surface area contributed by atoms with E-state index in [2.05, 4.69) is 79.4 Å². The lowest BCUT2D eigenvalue weighted by Gasteiger charge is -2.38. The normalized spacial score (nSPS) is 25.1. The molecule has 0 amide bonds. The van der Waals surface area contributed by atoms with Gasteiger partial charge in [-0.25, -0.2) is 0 Å². The predicted octanol–water partition coefficient (Wildman–Crippen LogP) is 7.33. The van der Waals surface area contributed by atoms with Gasteiger partial charge < -0.3 is 9.84 Å². The molecule has 1 aliphatic carbocycles. The van der Waals surface area contributed by atoms with Gasteiger partial charge in [-0.1, -0.05) is 61.5 Å². The molecule has 0 aromatic heterocycles. The molecular formula is C32H39NO3. The Bertz CT molecular complexity index is 1180. The van der Waals surface area contributed by atoms with Crippen molar-refractivity contribution >= 4 is 16.7 Å². The van der Waals surface area contributed by atoms with Crippen LogP contribution >= 0.6 is 0 Å². The van der Waals surface area contributed by atoms with Crippen LogP contribution in [0.4, 0.5) is 0 Å². The van der Waals surface area contributed by atoms with Gasteiger partial charge in [-0.15, -0.1) is 0 Å². The fourth-order valence-corrected chi connectivity index (χ4v) is 6.43. The first-order valence-corrected chi connectivity index (χ1v) is 13.7. The summed E-state index contributed by atoms with van der Waals surface area (Å²) in [7, 11) is 0. The van der Waals surface area contributed by atoms with E-state index in [0.29, 0.717) is 5.92 Å². The highest BCUT2D eigenvalue weighted by Gasteiger charge is 2.32. The number of ether oxygens (including phenoxy) is 1. The van der Waals surface area contributed by atoms with Gasteiger partial charge in [0.2, 0.25) is 0 Å².